The molecule has 0 aliphatic heterocycles. The molecule has 106 valence electrons. The molecule has 0 radical (unpaired) electrons. The Morgan fingerprint density at radius 3 is 2.67 bits per heavy atom. The smallest absolute Gasteiger partial charge is 0.195 e. The molecular weight excluding hydrogens is 350 g/mol. The van der Waals surface area contributed by atoms with Crippen molar-refractivity contribution in [2.45, 2.75) is 6.92 Å². The number of fused-ring (bicyclic) bond motifs is 1. The maximum atomic E-state index is 12.7. The molecule has 2 aromatic carbocycles. The highest BCUT2D eigenvalue weighted by molar-refractivity contribution is 9.10. The fraction of sp³-hybridized carbons (Fsp3) is 0.118. The number of nitrogens with zero attached hydrogens (tertiary/aromatic N) is 1. The van der Waals surface area contributed by atoms with Crippen molar-refractivity contribution in [1.82, 2.24) is 4.57 Å². The number of ketones is 1. The molecular formula is C17H13BrClNO. The van der Waals surface area contributed by atoms with Gasteiger partial charge in [-0.25, -0.2) is 0 Å². The van der Waals surface area contributed by atoms with Crippen LogP contribution in [-0.2, 0) is 7.05 Å². The predicted molar refractivity (Wildman–Crippen MR) is 90.2 cm³/mol. The van der Waals surface area contributed by atoms with E-state index in [2.05, 4.69) is 22.0 Å². The van der Waals surface area contributed by atoms with Crippen molar-refractivity contribution < 1.29 is 4.79 Å². The maximum absolute atomic E-state index is 12.7. The molecule has 0 bridgehead atoms. The van der Waals surface area contributed by atoms with Crippen molar-refractivity contribution >= 4 is 44.2 Å². The standard InChI is InChI=1S/C17H13BrClNO/c1-10-3-5-12-13(9-20(2)16(12)7-10)17(21)11-4-6-14(18)15(19)8-11/h3-9H,1-2H3. The lowest BCUT2D eigenvalue weighted by atomic mass is 10.0. The Morgan fingerprint density at radius 1 is 1.19 bits per heavy atom. The molecule has 0 saturated carbocycles. The maximum Gasteiger partial charge on any atom is 0.195 e. The van der Waals surface area contributed by atoms with Crippen molar-refractivity contribution in [3.63, 3.8) is 0 Å². The Bertz CT molecular complexity index is 867. The third kappa shape index (κ3) is 2.52. The molecule has 1 heterocycles. The van der Waals surface area contributed by atoms with Gasteiger partial charge in [-0.05, 0) is 52.7 Å². The first kappa shape index (κ1) is 14.4. The minimum absolute atomic E-state index is 0.0150. The summed E-state index contributed by atoms with van der Waals surface area (Å²) in [5.41, 5.74) is 3.53. The number of halogens is 2. The molecule has 2 nitrogen and oxygen atoms in total. The number of hydrogen-bond acceptors (Lipinski definition) is 1. The second-order valence-corrected chi connectivity index (χ2v) is 6.39. The van der Waals surface area contributed by atoms with Gasteiger partial charge in [0.1, 0.15) is 0 Å². The summed E-state index contributed by atoms with van der Waals surface area (Å²) in [6, 6.07) is 11.4. The number of benzene rings is 2. The molecule has 0 aliphatic rings. The summed E-state index contributed by atoms with van der Waals surface area (Å²) in [7, 11) is 1.95. The van der Waals surface area contributed by atoms with Crippen molar-refractivity contribution in [2.24, 2.45) is 7.05 Å². The average Bonchev–Trinajstić information content (AvgIpc) is 2.78. The first-order chi connectivity index (χ1) is 9.97. The first-order valence-corrected chi connectivity index (χ1v) is 7.70. The summed E-state index contributed by atoms with van der Waals surface area (Å²) in [6.07, 6.45) is 1.88. The number of carbonyl (C=O) groups is 1. The van der Waals surface area contributed by atoms with E-state index in [1.54, 1.807) is 18.2 Å². The molecule has 0 N–H and O–H groups in total. The Labute approximate surface area is 136 Å². The predicted octanol–water partition coefficient (Wildman–Crippen LogP) is 5.13. The van der Waals surface area contributed by atoms with Gasteiger partial charge < -0.3 is 4.57 Å². The molecule has 0 amide bonds. The van der Waals surface area contributed by atoms with Gasteiger partial charge in [0.25, 0.3) is 0 Å². The first-order valence-electron chi connectivity index (χ1n) is 6.53. The van der Waals surface area contributed by atoms with Crippen molar-refractivity contribution in [3.05, 3.63) is 68.8 Å². The largest absolute Gasteiger partial charge is 0.350 e. The Hall–Kier alpha value is -1.58. The summed E-state index contributed by atoms with van der Waals surface area (Å²) >= 11 is 9.42. The van der Waals surface area contributed by atoms with Crippen LogP contribution in [0.15, 0.2) is 47.1 Å². The van der Waals surface area contributed by atoms with Gasteiger partial charge in [-0.1, -0.05) is 23.7 Å². The molecule has 0 spiro atoms. The SMILES string of the molecule is Cc1ccc2c(C(=O)c3ccc(Br)c(Cl)c3)cn(C)c2c1. The van der Waals surface area contributed by atoms with Gasteiger partial charge >= 0.3 is 0 Å². The van der Waals surface area contributed by atoms with Crippen LogP contribution in [0.4, 0.5) is 0 Å². The topological polar surface area (TPSA) is 22.0 Å². The second kappa shape index (κ2) is 5.32. The molecule has 0 fully saturated rings. The molecule has 4 heteroatoms. The van der Waals surface area contributed by atoms with Crippen LogP contribution in [0, 0.1) is 6.92 Å². The fourth-order valence-corrected chi connectivity index (χ4v) is 2.89. The van der Waals surface area contributed by atoms with Crippen LogP contribution < -0.4 is 0 Å². The zero-order valence-corrected chi connectivity index (χ0v) is 14.0. The summed E-state index contributed by atoms with van der Waals surface area (Å²) in [5.74, 6) is -0.0150. The number of rotatable bonds is 2. The number of aromatic nitrogens is 1. The molecule has 3 rings (SSSR count). The van der Waals surface area contributed by atoms with Crippen LogP contribution in [0.2, 0.25) is 5.02 Å². The van der Waals surface area contributed by atoms with E-state index in [4.69, 9.17) is 11.6 Å². The second-order valence-electron chi connectivity index (χ2n) is 5.13. The van der Waals surface area contributed by atoms with E-state index in [0.29, 0.717) is 16.1 Å². The Balaban J connectivity index is 2.15. The van der Waals surface area contributed by atoms with Crippen LogP contribution in [0.3, 0.4) is 0 Å². The van der Waals surface area contributed by atoms with E-state index < -0.39 is 0 Å². The lowest BCUT2D eigenvalue weighted by molar-refractivity contribution is 0.104. The van der Waals surface area contributed by atoms with Gasteiger partial charge in [0.05, 0.1) is 5.02 Å². The van der Waals surface area contributed by atoms with Crippen molar-refractivity contribution in [3.8, 4) is 0 Å². The Morgan fingerprint density at radius 2 is 1.95 bits per heavy atom. The number of hydrogen-bond donors (Lipinski definition) is 0. The van der Waals surface area contributed by atoms with Crippen molar-refractivity contribution in [2.75, 3.05) is 0 Å². The van der Waals surface area contributed by atoms with E-state index in [1.165, 1.54) is 5.56 Å². The molecule has 1 aromatic heterocycles. The third-order valence-electron chi connectivity index (χ3n) is 3.57. The summed E-state index contributed by atoms with van der Waals surface area (Å²) in [4.78, 5) is 12.7. The van der Waals surface area contributed by atoms with E-state index in [0.717, 1.165) is 15.4 Å². The Kier molecular flexibility index (Phi) is 3.64. The van der Waals surface area contributed by atoms with Gasteiger partial charge in [0.15, 0.2) is 5.78 Å². The number of aryl methyl sites for hydroxylation is 2. The lowest BCUT2D eigenvalue weighted by Gasteiger charge is -2.02. The van der Waals surface area contributed by atoms with E-state index in [9.17, 15) is 4.79 Å². The molecule has 0 aliphatic carbocycles. The highest BCUT2D eigenvalue weighted by Crippen LogP contribution is 2.27. The van der Waals surface area contributed by atoms with Crippen LogP contribution in [-0.4, -0.2) is 10.4 Å². The minimum Gasteiger partial charge on any atom is -0.350 e. The van der Waals surface area contributed by atoms with E-state index in [1.807, 2.05) is 36.9 Å². The summed E-state index contributed by atoms with van der Waals surface area (Å²) in [5, 5.41) is 1.50. The van der Waals surface area contributed by atoms with Crippen LogP contribution in [0.5, 0.6) is 0 Å². The lowest BCUT2D eigenvalue weighted by Crippen LogP contribution is -2.00. The van der Waals surface area contributed by atoms with Gasteiger partial charge in [0, 0.05) is 39.7 Å². The molecule has 0 atom stereocenters. The average molecular weight is 363 g/mol. The highest BCUT2D eigenvalue weighted by atomic mass is 79.9. The molecule has 3 aromatic rings. The van der Waals surface area contributed by atoms with Crippen LogP contribution in [0.1, 0.15) is 21.5 Å². The van der Waals surface area contributed by atoms with Gasteiger partial charge in [0.2, 0.25) is 0 Å². The molecule has 0 saturated heterocycles. The van der Waals surface area contributed by atoms with Crippen LogP contribution >= 0.6 is 27.5 Å². The highest BCUT2D eigenvalue weighted by Gasteiger charge is 2.16. The minimum atomic E-state index is -0.0150. The quantitative estimate of drug-likeness (QED) is 0.579. The fourth-order valence-electron chi connectivity index (χ4n) is 2.47. The zero-order valence-electron chi connectivity index (χ0n) is 11.7. The van der Waals surface area contributed by atoms with Gasteiger partial charge in [-0.2, -0.15) is 0 Å². The van der Waals surface area contributed by atoms with Crippen LogP contribution in [0.25, 0.3) is 10.9 Å². The third-order valence-corrected chi connectivity index (χ3v) is 4.81. The monoisotopic (exact) mass is 361 g/mol. The molecule has 0 unspecified atom stereocenters. The van der Waals surface area contributed by atoms with Crippen molar-refractivity contribution in [1.29, 1.82) is 0 Å². The van der Waals surface area contributed by atoms with E-state index >= 15 is 0 Å². The summed E-state index contributed by atoms with van der Waals surface area (Å²) < 4.78 is 2.77. The van der Waals surface area contributed by atoms with Gasteiger partial charge in [-0.15, -0.1) is 0 Å². The normalized spacial score (nSPS) is 11.0. The van der Waals surface area contributed by atoms with Gasteiger partial charge in [-0.3, -0.25) is 4.79 Å². The number of carbonyl (C=O) groups excluding carboxylic acids is 1. The summed E-state index contributed by atoms with van der Waals surface area (Å²) in [6.45, 7) is 2.04. The zero-order chi connectivity index (χ0) is 15.1. The van der Waals surface area contributed by atoms with E-state index in [-0.39, 0.29) is 5.78 Å². The molecule has 21 heavy (non-hydrogen) atoms.